The topological polar surface area (TPSA) is 75.3 Å². The van der Waals surface area contributed by atoms with Crippen LogP contribution in [0, 0.1) is 11.6 Å². The van der Waals surface area contributed by atoms with Gasteiger partial charge in [-0.1, -0.05) is 0 Å². The average Bonchev–Trinajstić information content (AvgIpc) is 2.30. The second kappa shape index (κ2) is 4.93. The smallest absolute Gasteiger partial charge is 0.257 e. The highest BCUT2D eigenvalue weighted by Crippen LogP contribution is 2.20. The molecule has 0 aromatic heterocycles. The van der Waals surface area contributed by atoms with Crippen molar-refractivity contribution in [3.63, 3.8) is 0 Å². The number of rotatable bonds is 2. The summed E-state index contributed by atoms with van der Waals surface area (Å²) in [6, 6.07) is 6.49. The minimum absolute atomic E-state index is 0.0182. The predicted octanol–water partition coefficient (Wildman–Crippen LogP) is 2.50. The lowest BCUT2D eigenvalue weighted by molar-refractivity contribution is 0.102. The Kier molecular flexibility index (Phi) is 3.33. The molecule has 0 aliphatic heterocycles. The van der Waals surface area contributed by atoms with Crippen LogP contribution in [0.5, 0.6) is 5.75 Å². The summed E-state index contributed by atoms with van der Waals surface area (Å²) in [5.41, 5.74) is 5.71. The summed E-state index contributed by atoms with van der Waals surface area (Å²) in [5.74, 6) is -2.42. The number of aromatic hydroxyl groups is 1. The van der Waals surface area contributed by atoms with Gasteiger partial charge < -0.3 is 16.2 Å². The molecule has 2 aromatic rings. The van der Waals surface area contributed by atoms with E-state index in [-0.39, 0.29) is 22.7 Å². The SMILES string of the molecule is Nc1ccc(O)cc1C(=O)Nc1cc(F)cc(F)c1. The molecular formula is C13H10F2N2O2. The molecule has 19 heavy (non-hydrogen) atoms. The van der Waals surface area contributed by atoms with Crippen LogP contribution < -0.4 is 11.1 Å². The third-order valence-electron chi connectivity index (χ3n) is 2.40. The molecule has 0 spiro atoms. The Balaban J connectivity index is 2.28. The fraction of sp³-hybridized carbons (Fsp3) is 0. The highest BCUT2D eigenvalue weighted by atomic mass is 19.1. The van der Waals surface area contributed by atoms with Gasteiger partial charge in [0, 0.05) is 17.4 Å². The molecule has 1 amide bonds. The fourth-order valence-electron chi connectivity index (χ4n) is 1.57. The highest BCUT2D eigenvalue weighted by molar-refractivity contribution is 6.07. The molecule has 2 aromatic carbocycles. The molecule has 0 heterocycles. The quantitative estimate of drug-likeness (QED) is 0.576. The lowest BCUT2D eigenvalue weighted by atomic mass is 10.1. The first-order valence-corrected chi connectivity index (χ1v) is 5.31. The zero-order valence-corrected chi connectivity index (χ0v) is 9.65. The average molecular weight is 264 g/mol. The molecule has 4 nitrogen and oxygen atoms in total. The molecule has 0 saturated heterocycles. The molecule has 0 bridgehead atoms. The van der Waals surface area contributed by atoms with Crippen molar-refractivity contribution in [2.24, 2.45) is 0 Å². The third-order valence-corrected chi connectivity index (χ3v) is 2.40. The number of hydrogen-bond acceptors (Lipinski definition) is 3. The van der Waals surface area contributed by atoms with E-state index in [1.54, 1.807) is 0 Å². The summed E-state index contributed by atoms with van der Waals surface area (Å²) in [4.78, 5) is 11.9. The highest BCUT2D eigenvalue weighted by Gasteiger charge is 2.12. The Morgan fingerprint density at radius 1 is 1.11 bits per heavy atom. The Hall–Kier alpha value is -2.63. The van der Waals surface area contributed by atoms with Crippen LogP contribution in [0.2, 0.25) is 0 Å². The monoisotopic (exact) mass is 264 g/mol. The number of anilines is 2. The van der Waals surface area contributed by atoms with Crippen LogP contribution >= 0.6 is 0 Å². The van der Waals surface area contributed by atoms with E-state index in [1.165, 1.54) is 18.2 Å². The van der Waals surface area contributed by atoms with Gasteiger partial charge in [-0.15, -0.1) is 0 Å². The van der Waals surface area contributed by atoms with E-state index in [0.29, 0.717) is 6.07 Å². The number of phenolic OH excluding ortho intramolecular Hbond substituents is 1. The Morgan fingerprint density at radius 2 is 1.74 bits per heavy atom. The first kappa shape index (κ1) is 12.8. The summed E-state index contributed by atoms with van der Waals surface area (Å²) in [6.07, 6.45) is 0. The van der Waals surface area contributed by atoms with E-state index >= 15 is 0 Å². The summed E-state index contributed by atoms with van der Waals surface area (Å²) in [6.45, 7) is 0. The van der Waals surface area contributed by atoms with Gasteiger partial charge >= 0.3 is 0 Å². The van der Waals surface area contributed by atoms with Crippen LogP contribution in [0.25, 0.3) is 0 Å². The van der Waals surface area contributed by atoms with Gasteiger partial charge in [0.1, 0.15) is 17.4 Å². The van der Waals surface area contributed by atoms with Gasteiger partial charge in [0.05, 0.1) is 5.56 Å². The molecule has 0 aliphatic carbocycles. The van der Waals surface area contributed by atoms with Crippen LogP contribution in [0.1, 0.15) is 10.4 Å². The number of benzene rings is 2. The number of carbonyl (C=O) groups is 1. The third kappa shape index (κ3) is 2.98. The number of nitrogens with two attached hydrogens (primary N) is 1. The normalized spacial score (nSPS) is 10.2. The lowest BCUT2D eigenvalue weighted by Gasteiger charge is -2.08. The van der Waals surface area contributed by atoms with Gasteiger partial charge in [0.15, 0.2) is 0 Å². The van der Waals surface area contributed by atoms with Gasteiger partial charge in [-0.05, 0) is 30.3 Å². The molecule has 2 rings (SSSR count). The van der Waals surface area contributed by atoms with Crippen LogP contribution in [0.3, 0.4) is 0 Å². The summed E-state index contributed by atoms with van der Waals surface area (Å²) < 4.78 is 25.9. The van der Waals surface area contributed by atoms with Crippen LogP contribution in [-0.2, 0) is 0 Å². The van der Waals surface area contributed by atoms with Crippen molar-refractivity contribution in [1.29, 1.82) is 0 Å². The number of carbonyl (C=O) groups excluding carboxylic acids is 1. The van der Waals surface area contributed by atoms with Crippen LogP contribution in [0.15, 0.2) is 36.4 Å². The van der Waals surface area contributed by atoms with Crippen molar-refractivity contribution >= 4 is 17.3 Å². The largest absolute Gasteiger partial charge is 0.508 e. The van der Waals surface area contributed by atoms with Crippen LogP contribution in [-0.4, -0.2) is 11.0 Å². The lowest BCUT2D eigenvalue weighted by Crippen LogP contribution is -2.14. The number of nitrogen functional groups attached to an aromatic ring is 1. The van der Waals surface area contributed by atoms with E-state index in [4.69, 9.17) is 5.73 Å². The molecule has 0 aliphatic rings. The molecule has 98 valence electrons. The van der Waals surface area contributed by atoms with Crippen molar-refractivity contribution in [3.05, 3.63) is 53.6 Å². The second-order valence-electron chi connectivity index (χ2n) is 3.88. The maximum atomic E-state index is 13.0. The van der Waals surface area contributed by atoms with Crippen LogP contribution in [0.4, 0.5) is 20.2 Å². The van der Waals surface area contributed by atoms with Crippen molar-refractivity contribution in [1.82, 2.24) is 0 Å². The van der Waals surface area contributed by atoms with E-state index in [2.05, 4.69) is 5.32 Å². The second-order valence-corrected chi connectivity index (χ2v) is 3.88. The Labute approximate surface area is 107 Å². The van der Waals surface area contributed by atoms with E-state index in [0.717, 1.165) is 12.1 Å². The van der Waals surface area contributed by atoms with E-state index in [9.17, 15) is 18.7 Å². The zero-order valence-electron chi connectivity index (χ0n) is 9.65. The van der Waals surface area contributed by atoms with E-state index < -0.39 is 17.5 Å². The molecule has 0 radical (unpaired) electrons. The fourth-order valence-corrected chi connectivity index (χ4v) is 1.57. The molecule has 0 fully saturated rings. The van der Waals surface area contributed by atoms with Gasteiger partial charge in [-0.25, -0.2) is 8.78 Å². The molecule has 0 saturated carbocycles. The number of hydrogen-bond donors (Lipinski definition) is 3. The zero-order chi connectivity index (χ0) is 14.0. The minimum Gasteiger partial charge on any atom is -0.508 e. The summed E-state index contributed by atoms with van der Waals surface area (Å²) in [7, 11) is 0. The number of halogens is 2. The number of phenols is 1. The van der Waals surface area contributed by atoms with Crippen molar-refractivity contribution in [2.45, 2.75) is 0 Å². The number of nitrogens with one attached hydrogen (secondary N) is 1. The van der Waals surface area contributed by atoms with Crippen molar-refractivity contribution < 1.29 is 18.7 Å². The van der Waals surface area contributed by atoms with Gasteiger partial charge in [0.25, 0.3) is 5.91 Å². The molecule has 0 unspecified atom stereocenters. The van der Waals surface area contributed by atoms with Crippen molar-refractivity contribution in [2.75, 3.05) is 11.1 Å². The maximum Gasteiger partial charge on any atom is 0.257 e. The van der Waals surface area contributed by atoms with Gasteiger partial charge in [0.2, 0.25) is 0 Å². The Morgan fingerprint density at radius 3 is 2.37 bits per heavy atom. The Bertz CT molecular complexity index is 624. The predicted molar refractivity (Wildman–Crippen MR) is 66.8 cm³/mol. The van der Waals surface area contributed by atoms with Gasteiger partial charge in [-0.3, -0.25) is 4.79 Å². The minimum atomic E-state index is -0.806. The van der Waals surface area contributed by atoms with E-state index in [1.807, 2.05) is 0 Å². The summed E-state index contributed by atoms with van der Waals surface area (Å²) in [5, 5.41) is 11.6. The van der Waals surface area contributed by atoms with Gasteiger partial charge in [-0.2, -0.15) is 0 Å². The first-order chi connectivity index (χ1) is 8.95. The first-order valence-electron chi connectivity index (χ1n) is 5.31. The molecular weight excluding hydrogens is 254 g/mol. The molecule has 0 atom stereocenters. The van der Waals surface area contributed by atoms with Crippen molar-refractivity contribution in [3.8, 4) is 5.75 Å². The molecule has 4 N–H and O–H groups in total. The standard InChI is InChI=1S/C13H10F2N2O2/c14-7-3-8(15)5-9(4-7)17-13(19)11-6-10(18)1-2-12(11)16/h1-6,18H,16H2,(H,17,19). The number of amides is 1. The summed E-state index contributed by atoms with van der Waals surface area (Å²) >= 11 is 0. The maximum absolute atomic E-state index is 13.0. The molecule has 6 heteroatoms.